The van der Waals surface area contributed by atoms with E-state index in [1.54, 1.807) is 0 Å². The minimum Gasteiger partial charge on any atom is -0.103 e. The molecule has 0 amide bonds. The van der Waals surface area contributed by atoms with Gasteiger partial charge >= 0.3 is 0 Å². The van der Waals surface area contributed by atoms with Crippen LogP contribution in [0.2, 0.25) is 0 Å². The van der Waals surface area contributed by atoms with Gasteiger partial charge in [-0.15, -0.1) is 19.7 Å². The third-order valence-electron chi connectivity index (χ3n) is 13.4. The van der Waals surface area contributed by atoms with Gasteiger partial charge in [0.25, 0.3) is 0 Å². The standard InChI is InChI=1S/4C12H16.2C11H14.2C7H14.2C6H12/c1-10(2)9-11(3)12-7-5-4-6-8-12;1-11(2)7-6-10-12-8-4-3-5-9-12;1-4-11-5-7-12(8-6-11)9-10(2)3;1-4-11-6-5-7-12(9-11)8-10(2)3;1-9(2)10(3)11-7-5-4-6-8-11;1-10(2)8-9-11-6-4-3-5-7-11;1-6(2)5-7(3)4;1-4-5-6-7(2)3;2*1-4-5-6(2)3/h4-8,10H,3,9H2,1-2H3;3-6,8-11H,7H2,1-2H3;4-8,10H,1,9H2,2-3H3;4-7,9-10H,1,8H2,2-3H3;4-9H,3H2,1-2H3;3-10H,1-2H3;7H,1,5H2,2-4H3;4-5,7H,6H2,1-3H3;2*4,6H,1,5H2,2-3H3. The monoisotopic (exact) mass is 1300 g/mol. The van der Waals surface area contributed by atoms with Crippen molar-refractivity contribution in [3.8, 4) is 0 Å². The third kappa shape index (κ3) is 66.7. The third-order valence-corrected chi connectivity index (χ3v) is 13.4. The second kappa shape index (κ2) is 63.8. The number of rotatable bonds is 24. The molecule has 0 aliphatic rings. The molecule has 528 valence electrons. The molecule has 0 spiro atoms. The van der Waals surface area contributed by atoms with Gasteiger partial charge in [0, 0.05) is 0 Å². The molecular formula is C96H144. The average molecular weight is 1300 g/mol. The van der Waals surface area contributed by atoms with E-state index in [0.717, 1.165) is 80.0 Å². The summed E-state index contributed by atoms with van der Waals surface area (Å²) in [7, 11) is 0. The highest BCUT2D eigenvalue weighted by atomic mass is 14.1. The molecule has 0 atom stereocenters. The van der Waals surface area contributed by atoms with Crippen LogP contribution in [-0.4, -0.2) is 0 Å². The van der Waals surface area contributed by atoms with Crippen LogP contribution in [-0.2, 0) is 12.8 Å². The number of benzene rings is 6. The molecule has 0 aliphatic carbocycles. The van der Waals surface area contributed by atoms with E-state index in [0.29, 0.717) is 17.8 Å². The van der Waals surface area contributed by atoms with E-state index in [2.05, 4.69) is 368 Å². The highest BCUT2D eigenvalue weighted by Crippen LogP contribution is 2.21. The van der Waals surface area contributed by atoms with Crippen molar-refractivity contribution in [2.45, 2.75) is 204 Å². The van der Waals surface area contributed by atoms with Crippen LogP contribution in [0.3, 0.4) is 0 Å². The van der Waals surface area contributed by atoms with Crippen molar-refractivity contribution in [1.82, 2.24) is 0 Å². The summed E-state index contributed by atoms with van der Waals surface area (Å²) in [6, 6.07) is 58.6. The summed E-state index contributed by atoms with van der Waals surface area (Å²) < 4.78 is 0. The van der Waals surface area contributed by atoms with Crippen molar-refractivity contribution >= 4 is 35.5 Å². The van der Waals surface area contributed by atoms with Crippen molar-refractivity contribution in [2.75, 3.05) is 0 Å². The molecule has 6 aromatic rings. The first-order valence-corrected chi connectivity index (χ1v) is 36.2. The second-order valence-electron chi connectivity index (χ2n) is 28.8. The van der Waals surface area contributed by atoms with Crippen molar-refractivity contribution in [2.24, 2.45) is 59.2 Å². The summed E-state index contributed by atoms with van der Waals surface area (Å²) in [6.45, 7) is 74.8. The Balaban J connectivity index is -0.000000495. The Bertz CT molecular complexity index is 2850. The van der Waals surface area contributed by atoms with E-state index in [-0.39, 0.29) is 0 Å². The van der Waals surface area contributed by atoms with Crippen molar-refractivity contribution in [1.29, 1.82) is 0 Å². The summed E-state index contributed by atoms with van der Waals surface area (Å²) in [5.41, 5.74) is 14.1. The maximum Gasteiger partial charge on any atom is -0.0219 e. The predicted octanol–water partition coefficient (Wildman–Crippen LogP) is 30.9. The van der Waals surface area contributed by atoms with Crippen LogP contribution in [0.1, 0.15) is 235 Å². The fourth-order valence-electron chi connectivity index (χ4n) is 8.53. The van der Waals surface area contributed by atoms with Crippen LogP contribution in [0.5, 0.6) is 0 Å². The first kappa shape index (κ1) is 95.1. The minimum absolute atomic E-state index is 0.539. The quantitative estimate of drug-likeness (QED) is 0.0530. The molecule has 0 fully saturated rings. The lowest BCUT2D eigenvalue weighted by Crippen LogP contribution is -1.93. The van der Waals surface area contributed by atoms with Gasteiger partial charge < -0.3 is 0 Å². The second-order valence-corrected chi connectivity index (χ2v) is 28.8. The summed E-state index contributed by atoms with van der Waals surface area (Å²) in [4.78, 5) is 0. The molecule has 0 bridgehead atoms. The zero-order valence-corrected chi connectivity index (χ0v) is 65.8. The van der Waals surface area contributed by atoms with Crippen LogP contribution < -0.4 is 0 Å². The smallest absolute Gasteiger partial charge is 0.0219 e. The lowest BCUT2D eigenvalue weighted by Gasteiger charge is -2.08. The molecule has 0 nitrogen and oxygen atoms in total. The van der Waals surface area contributed by atoms with Gasteiger partial charge in [0.2, 0.25) is 0 Å². The fraction of sp³-hybridized carbons (Fsp3) is 0.417. The van der Waals surface area contributed by atoms with E-state index in [1.165, 1.54) is 74.1 Å². The Morgan fingerprint density at radius 1 is 0.354 bits per heavy atom. The maximum absolute atomic E-state index is 4.07. The number of hydrogen-bond acceptors (Lipinski definition) is 0. The maximum atomic E-state index is 4.07. The zero-order chi connectivity index (χ0) is 73.7. The van der Waals surface area contributed by atoms with Crippen LogP contribution >= 0.6 is 0 Å². The molecule has 6 rings (SSSR count). The molecule has 0 saturated carbocycles. The summed E-state index contributed by atoms with van der Waals surface area (Å²) >= 11 is 0. The van der Waals surface area contributed by atoms with Gasteiger partial charge in [-0.1, -0.05) is 401 Å². The fourth-order valence-corrected chi connectivity index (χ4v) is 8.53. The van der Waals surface area contributed by atoms with E-state index in [9.17, 15) is 0 Å². The van der Waals surface area contributed by atoms with Crippen molar-refractivity contribution < 1.29 is 0 Å². The van der Waals surface area contributed by atoms with Gasteiger partial charge in [-0.05, 0) is 180 Å². The molecule has 0 heterocycles. The zero-order valence-electron chi connectivity index (χ0n) is 65.8. The van der Waals surface area contributed by atoms with Crippen molar-refractivity contribution in [3.05, 3.63) is 302 Å². The SMILES string of the molecule is C=C(C)CC(C)C.C=C(CC(C)C)c1ccccc1.C=C(c1ccccc1)C(C)C.C=CCC(C)C.C=CCC(C)C.C=Cc1ccc(CC(C)C)cc1.C=Cc1cccc(CC(C)C)c1.CC(C)C=Cc1ccccc1.CC(C)CC=Cc1ccccc1.CC=CCC(C)C. The number of hydrogen-bond donors (Lipinski definition) is 0. The Morgan fingerprint density at radius 2 is 0.740 bits per heavy atom. The predicted molar refractivity (Wildman–Crippen MR) is 448 cm³/mol. The van der Waals surface area contributed by atoms with Crippen LogP contribution in [0.25, 0.3) is 35.5 Å². The highest BCUT2D eigenvalue weighted by Gasteiger charge is 2.03. The van der Waals surface area contributed by atoms with Gasteiger partial charge in [-0.25, -0.2) is 0 Å². The molecule has 0 heteroatoms. The van der Waals surface area contributed by atoms with E-state index in [4.69, 9.17) is 0 Å². The van der Waals surface area contributed by atoms with Gasteiger partial charge in [0.15, 0.2) is 0 Å². The average Bonchev–Trinajstić information content (AvgIpc) is 2.40. The molecule has 0 unspecified atom stereocenters. The molecule has 96 heavy (non-hydrogen) atoms. The Labute approximate surface area is 597 Å². The summed E-state index contributed by atoms with van der Waals surface area (Å²) in [6.07, 6.45) is 30.0. The van der Waals surface area contributed by atoms with Gasteiger partial charge in [-0.2, -0.15) is 0 Å². The Hall–Kier alpha value is -7.28. The lowest BCUT2D eigenvalue weighted by molar-refractivity contribution is 0.644. The molecule has 0 aromatic heterocycles. The molecule has 0 aliphatic heterocycles. The lowest BCUT2D eigenvalue weighted by atomic mass is 9.97. The van der Waals surface area contributed by atoms with Crippen molar-refractivity contribution in [3.63, 3.8) is 0 Å². The highest BCUT2D eigenvalue weighted by molar-refractivity contribution is 5.64. The number of allylic oxidation sites excluding steroid dienone is 9. The minimum atomic E-state index is 0.539. The molecule has 6 aromatic carbocycles. The molecular weight excluding hydrogens is 1150 g/mol. The first-order chi connectivity index (χ1) is 45.4. The summed E-state index contributed by atoms with van der Waals surface area (Å²) in [5, 5.41) is 0. The Morgan fingerprint density at radius 3 is 1.06 bits per heavy atom. The molecule has 0 N–H and O–H groups in total. The molecule has 0 saturated heterocycles. The van der Waals surface area contributed by atoms with Gasteiger partial charge in [-0.3, -0.25) is 0 Å². The van der Waals surface area contributed by atoms with E-state index < -0.39 is 0 Å². The van der Waals surface area contributed by atoms with Crippen LogP contribution in [0.15, 0.2) is 258 Å². The van der Waals surface area contributed by atoms with Crippen LogP contribution in [0, 0.1) is 59.2 Å². The summed E-state index contributed by atoms with van der Waals surface area (Å²) in [5.74, 6) is 7.23. The van der Waals surface area contributed by atoms with E-state index >= 15 is 0 Å². The Kier molecular flexibility index (Phi) is 63.2. The van der Waals surface area contributed by atoms with Crippen LogP contribution in [0.4, 0.5) is 0 Å². The van der Waals surface area contributed by atoms with Gasteiger partial charge in [0.1, 0.15) is 0 Å². The molecule has 0 radical (unpaired) electrons. The topological polar surface area (TPSA) is 0 Å². The largest absolute Gasteiger partial charge is 0.103 e. The van der Waals surface area contributed by atoms with Gasteiger partial charge in [0.05, 0.1) is 0 Å². The van der Waals surface area contributed by atoms with E-state index in [1.807, 2.05) is 60.7 Å². The first-order valence-electron chi connectivity index (χ1n) is 36.2. The normalized spacial score (nSPS) is 10.4.